The van der Waals surface area contributed by atoms with Gasteiger partial charge < -0.3 is 5.32 Å². The number of nitrogens with one attached hydrogen (secondary N) is 1. The Labute approximate surface area is 141 Å². The summed E-state index contributed by atoms with van der Waals surface area (Å²) in [5.74, 6) is 0. The second-order valence-electron chi connectivity index (χ2n) is 4.40. The van der Waals surface area contributed by atoms with Gasteiger partial charge in [-0.2, -0.15) is 24.5 Å². The van der Waals surface area contributed by atoms with Crippen molar-refractivity contribution in [2.24, 2.45) is 0 Å². The van der Waals surface area contributed by atoms with Crippen LogP contribution in [0.3, 0.4) is 0 Å². The van der Waals surface area contributed by atoms with Crippen molar-refractivity contribution in [1.29, 1.82) is 0 Å². The standard InChI is InChI=1S/C14H12Br2F3NS/c1-2-20-13(10-6-21-7-12(10)16)9-5-8(14(17,18)19)3-4-11(9)15/h3-7,13,20H,2H2,1H3. The third kappa shape index (κ3) is 3.88. The summed E-state index contributed by atoms with van der Waals surface area (Å²) in [5, 5.41) is 7.09. The normalized spacial score (nSPS) is 13.4. The van der Waals surface area contributed by atoms with Crippen molar-refractivity contribution in [3.63, 3.8) is 0 Å². The SMILES string of the molecule is CCNC(c1cscc1Br)c1cc(C(F)(F)F)ccc1Br. The molecule has 0 saturated carbocycles. The number of hydrogen-bond donors (Lipinski definition) is 1. The van der Waals surface area contributed by atoms with Gasteiger partial charge in [-0.3, -0.25) is 0 Å². The molecule has 0 aliphatic heterocycles. The minimum absolute atomic E-state index is 0.299. The lowest BCUT2D eigenvalue weighted by molar-refractivity contribution is -0.137. The Morgan fingerprint density at radius 1 is 1.14 bits per heavy atom. The van der Waals surface area contributed by atoms with Crippen molar-refractivity contribution in [3.05, 3.63) is 54.6 Å². The van der Waals surface area contributed by atoms with E-state index in [1.165, 1.54) is 23.5 Å². The van der Waals surface area contributed by atoms with Crippen LogP contribution in [0.4, 0.5) is 13.2 Å². The largest absolute Gasteiger partial charge is 0.416 e. The molecule has 2 aromatic rings. The first-order valence-electron chi connectivity index (χ1n) is 6.16. The van der Waals surface area contributed by atoms with E-state index in [2.05, 4.69) is 37.2 Å². The third-order valence-electron chi connectivity index (χ3n) is 3.00. The van der Waals surface area contributed by atoms with Crippen LogP contribution < -0.4 is 5.32 Å². The molecule has 0 aliphatic carbocycles. The van der Waals surface area contributed by atoms with E-state index >= 15 is 0 Å². The molecule has 0 spiro atoms. The van der Waals surface area contributed by atoms with E-state index in [1.807, 2.05) is 17.7 Å². The number of rotatable bonds is 4. The fourth-order valence-electron chi connectivity index (χ4n) is 2.03. The Morgan fingerprint density at radius 2 is 1.86 bits per heavy atom. The number of halogens is 5. The predicted octanol–water partition coefficient (Wildman–Crippen LogP) is 5.99. The Balaban J connectivity index is 2.52. The van der Waals surface area contributed by atoms with Gasteiger partial charge in [0, 0.05) is 14.3 Å². The van der Waals surface area contributed by atoms with Gasteiger partial charge in [0.2, 0.25) is 0 Å². The molecule has 0 fully saturated rings. The molecule has 114 valence electrons. The maximum atomic E-state index is 12.9. The second kappa shape index (κ2) is 6.81. The summed E-state index contributed by atoms with van der Waals surface area (Å²) in [4.78, 5) is 0. The molecule has 0 aliphatic rings. The zero-order valence-corrected chi connectivity index (χ0v) is 15.0. The highest BCUT2D eigenvalue weighted by Crippen LogP contribution is 2.38. The van der Waals surface area contributed by atoms with Crippen molar-refractivity contribution in [2.75, 3.05) is 6.54 Å². The summed E-state index contributed by atoms with van der Waals surface area (Å²) in [7, 11) is 0. The Morgan fingerprint density at radius 3 is 2.38 bits per heavy atom. The average molecular weight is 443 g/mol. The van der Waals surface area contributed by atoms with Crippen molar-refractivity contribution in [1.82, 2.24) is 5.32 Å². The monoisotopic (exact) mass is 441 g/mol. The van der Waals surface area contributed by atoms with Gasteiger partial charge in [0.05, 0.1) is 11.6 Å². The molecule has 0 bridgehead atoms. The van der Waals surface area contributed by atoms with Crippen LogP contribution in [0.2, 0.25) is 0 Å². The molecule has 21 heavy (non-hydrogen) atoms. The maximum Gasteiger partial charge on any atom is 0.416 e. The van der Waals surface area contributed by atoms with Gasteiger partial charge in [0.15, 0.2) is 0 Å². The minimum Gasteiger partial charge on any atom is -0.306 e. The highest BCUT2D eigenvalue weighted by molar-refractivity contribution is 9.10. The van der Waals surface area contributed by atoms with Crippen LogP contribution >= 0.6 is 43.2 Å². The first-order valence-corrected chi connectivity index (χ1v) is 8.69. The number of thiophene rings is 1. The summed E-state index contributed by atoms with van der Waals surface area (Å²) in [6.07, 6.45) is -4.35. The Kier molecular flexibility index (Phi) is 5.51. The van der Waals surface area contributed by atoms with Crippen molar-refractivity contribution in [3.8, 4) is 0 Å². The number of benzene rings is 1. The molecule has 0 saturated heterocycles. The first-order chi connectivity index (χ1) is 9.84. The van der Waals surface area contributed by atoms with Crippen LogP contribution in [0.25, 0.3) is 0 Å². The van der Waals surface area contributed by atoms with Gasteiger partial charge in [0.25, 0.3) is 0 Å². The lowest BCUT2D eigenvalue weighted by Gasteiger charge is -2.21. The van der Waals surface area contributed by atoms with E-state index in [0.717, 1.165) is 16.1 Å². The summed E-state index contributed by atoms with van der Waals surface area (Å²) in [5.41, 5.74) is 0.864. The molecule has 1 N–H and O–H groups in total. The Hall–Kier alpha value is -0.370. The molecule has 1 heterocycles. The predicted molar refractivity (Wildman–Crippen MR) is 86.7 cm³/mol. The van der Waals surface area contributed by atoms with Gasteiger partial charge in [-0.15, -0.1) is 0 Å². The number of alkyl halides is 3. The second-order valence-corrected chi connectivity index (χ2v) is 6.85. The van der Waals surface area contributed by atoms with E-state index in [9.17, 15) is 13.2 Å². The quantitative estimate of drug-likeness (QED) is 0.613. The average Bonchev–Trinajstić information content (AvgIpc) is 2.82. The fourth-order valence-corrected chi connectivity index (χ4v) is 4.06. The van der Waals surface area contributed by atoms with E-state index < -0.39 is 11.7 Å². The minimum atomic E-state index is -4.35. The van der Waals surface area contributed by atoms with Gasteiger partial charge in [-0.1, -0.05) is 22.9 Å². The molecule has 1 nitrogen and oxygen atoms in total. The van der Waals surface area contributed by atoms with Gasteiger partial charge in [-0.25, -0.2) is 0 Å². The highest BCUT2D eigenvalue weighted by atomic mass is 79.9. The van der Waals surface area contributed by atoms with Crippen molar-refractivity contribution >= 4 is 43.2 Å². The maximum absolute atomic E-state index is 12.9. The van der Waals surface area contributed by atoms with Crippen molar-refractivity contribution in [2.45, 2.75) is 19.1 Å². The van der Waals surface area contributed by atoms with Gasteiger partial charge >= 0.3 is 6.18 Å². The summed E-state index contributed by atoms with van der Waals surface area (Å²) >= 11 is 8.31. The molecule has 1 aromatic heterocycles. The van der Waals surface area contributed by atoms with Crippen LogP contribution in [-0.4, -0.2) is 6.54 Å². The Bertz CT molecular complexity index is 625. The summed E-state index contributed by atoms with van der Waals surface area (Å²) in [6.45, 7) is 2.57. The van der Waals surface area contributed by atoms with Crippen LogP contribution in [0.15, 0.2) is 37.9 Å². The first kappa shape index (κ1) is 17.0. The molecule has 1 aromatic carbocycles. The van der Waals surface area contributed by atoms with E-state index in [0.29, 0.717) is 16.6 Å². The number of hydrogen-bond acceptors (Lipinski definition) is 2. The topological polar surface area (TPSA) is 12.0 Å². The van der Waals surface area contributed by atoms with E-state index in [1.54, 1.807) is 0 Å². The van der Waals surface area contributed by atoms with Crippen LogP contribution in [0.5, 0.6) is 0 Å². The van der Waals surface area contributed by atoms with Gasteiger partial charge in [-0.05, 0) is 57.2 Å². The third-order valence-corrected chi connectivity index (χ3v) is 5.47. The summed E-state index contributed by atoms with van der Waals surface area (Å²) in [6, 6.07) is 3.43. The zero-order chi connectivity index (χ0) is 15.6. The van der Waals surface area contributed by atoms with E-state index in [4.69, 9.17) is 0 Å². The molecule has 1 atom stereocenters. The lowest BCUT2D eigenvalue weighted by Crippen LogP contribution is -2.23. The van der Waals surface area contributed by atoms with Crippen molar-refractivity contribution < 1.29 is 13.2 Å². The van der Waals surface area contributed by atoms with Crippen LogP contribution in [0.1, 0.15) is 29.7 Å². The highest BCUT2D eigenvalue weighted by Gasteiger charge is 2.32. The molecular formula is C14H12Br2F3NS. The molecular weight excluding hydrogens is 431 g/mol. The smallest absolute Gasteiger partial charge is 0.306 e. The molecule has 2 rings (SSSR count). The van der Waals surface area contributed by atoms with Crippen LogP contribution in [-0.2, 0) is 6.18 Å². The molecule has 7 heteroatoms. The molecule has 0 radical (unpaired) electrons. The van der Waals surface area contributed by atoms with E-state index in [-0.39, 0.29) is 6.04 Å². The lowest BCUT2D eigenvalue weighted by atomic mass is 9.99. The molecule has 0 amide bonds. The van der Waals surface area contributed by atoms with Crippen LogP contribution in [0, 0.1) is 0 Å². The fraction of sp³-hybridized carbons (Fsp3) is 0.286. The van der Waals surface area contributed by atoms with Gasteiger partial charge in [0.1, 0.15) is 0 Å². The molecule has 1 unspecified atom stereocenters. The zero-order valence-electron chi connectivity index (χ0n) is 11.0. The summed E-state index contributed by atoms with van der Waals surface area (Å²) < 4.78 is 40.3.